The number of halogens is 3. The van der Waals surface area contributed by atoms with E-state index in [0.29, 0.717) is 27.1 Å². The van der Waals surface area contributed by atoms with Crippen LogP contribution in [0.25, 0.3) is 11.3 Å². The molecule has 0 aliphatic rings. The number of nitrogens with one attached hydrogen (secondary N) is 1. The van der Waals surface area contributed by atoms with Gasteiger partial charge in [-0.3, -0.25) is 9.59 Å². The van der Waals surface area contributed by atoms with E-state index in [2.05, 4.69) is 5.32 Å². The van der Waals surface area contributed by atoms with E-state index in [9.17, 15) is 14.0 Å². The summed E-state index contributed by atoms with van der Waals surface area (Å²) >= 11 is 12.2. The summed E-state index contributed by atoms with van der Waals surface area (Å²) in [6.07, 6.45) is 0. The molecule has 0 bridgehead atoms. The van der Waals surface area contributed by atoms with Crippen LogP contribution in [0.1, 0.15) is 10.6 Å². The molecule has 0 unspecified atom stereocenters. The van der Waals surface area contributed by atoms with Gasteiger partial charge in [0.2, 0.25) is 5.91 Å². The van der Waals surface area contributed by atoms with Gasteiger partial charge in [0.1, 0.15) is 11.6 Å². The number of hydrogen-bond donors (Lipinski definition) is 1. The van der Waals surface area contributed by atoms with Crippen LogP contribution < -0.4 is 5.32 Å². The number of furan rings is 1. The molecule has 0 atom stereocenters. The van der Waals surface area contributed by atoms with Crippen LogP contribution >= 0.6 is 23.2 Å². The van der Waals surface area contributed by atoms with E-state index in [1.807, 2.05) is 0 Å². The second kappa shape index (κ2) is 8.46. The first-order valence-corrected chi connectivity index (χ1v) is 8.96. The predicted molar refractivity (Wildman–Crippen MR) is 106 cm³/mol. The molecule has 1 heterocycles. The van der Waals surface area contributed by atoms with E-state index in [1.54, 1.807) is 30.3 Å². The Hall–Kier alpha value is -2.83. The van der Waals surface area contributed by atoms with E-state index < -0.39 is 17.6 Å². The second-order valence-electron chi connectivity index (χ2n) is 5.99. The molecule has 0 spiro atoms. The van der Waals surface area contributed by atoms with E-state index in [4.69, 9.17) is 27.6 Å². The minimum absolute atomic E-state index is 0.0482. The standard InChI is InChI=1S/C20H15Cl2FN2O3/c1-25(11-18(26)24-13-5-2-4-12(23)10-13)20(27)17-9-8-16(28-17)14-6-3-7-15(21)19(14)22/h2-10H,11H2,1H3,(H,24,26). The van der Waals surface area contributed by atoms with Gasteiger partial charge in [-0.25, -0.2) is 4.39 Å². The van der Waals surface area contributed by atoms with Crippen LogP contribution in [0, 0.1) is 5.82 Å². The lowest BCUT2D eigenvalue weighted by molar-refractivity contribution is -0.116. The maximum Gasteiger partial charge on any atom is 0.289 e. The van der Waals surface area contributed by atoms with Crippen LogP contribution in [0.15, 0.2) is 59.0 Å². The molecule has 2 aromatic carbocycles. The third-order valence-corrected chi connectivity index (χ3v) is 4.69. The van der Waals surface area contributed by atoms with Crippen molar-refractivity contribution >= 4 is 40.7 Å². The van der Waals surface area contributed by atoms with Crippen molar-refractivity contribution in [3.05, 3.63) is 76.2 Å². The molecule has 0 aliphatic heterocycles. The van der Waals surface area contributed by atoms with Gasteiger partial charge in [-0.05, 0) is 42.5 Å². The Bertz CT molecular complexity index is 1040. The highest BCUT2D eigenvalue weighted by Gasteiger charge is 2.20. The zero-order valence-corrected chi connectivity index (χ0v) is 16.2. The van der Waals surface area contributed by atoms with Gasteiger partial charge < -0.3 is 14.6 Å². The van der Waals surface area contributed by atoms with Crippen molar-refractivity contribution in [2.75, 3.05) is 18.9 Å². The molecule has 1 N–H and O–H groups in total. The van der Waals surface area contributed by atoms with Gasteiger partial charge in [0.25, 0.3) is 5.91 Å². The molecule has 0 fully saturated rings. The van der Waals surface area contributed by atoms with Crippen molar-refractivity contribution in [2.24, 2.45) is 0 Å². The normalized spacial score (nSPS) is 10.6. The van der Waals surface area contributed by atoms with Crippen LogP contribution in [0.4, 0.5) is 10.1 Å². The van der Waals surface area contributed by atoms with E-state index in [0.717, 1.165) is 0 Å². The first-order valence-electron chi connectivity index (χ1n) is 8.20. The van der Waals surface area contributed by atoms with Crippen molar-refractivity contribution in [2.45, 2.75) is 0 Å². The number of carbonyl (C=O) groups is 2. The zero-order chi connectivity index (χ0) is 20.3. The van der Waals surface area contributed by atoms with Gasteiger partial charge >= 0.3 is 0 Å². The molecule has 144 valence electrons. The number of amides is 2. The molecule has 1 aromatic heterocycles. The highest BCUT2D eigenvalue weighted by Crippen LogP contribution is 2.34. The van der Waals surface area contributed by atoms with Gasteiger partial charge in [-0.15, -0.1) is 0 Å². The fourth-order valence-electron chi connectivity index (χ4n) is 2.53. The summed E-state index contributed by atoms with van der Waals surface area (Å²) in [6, 6.07) is 13.7. The fraction of sp³-hybridized carbons (Fsp3) is 0.100. The van der Waals surface area contributed by atoms with Crippen LogP contribution in [-0.4, -0.2) is 30.3 Å². The highest BCUT2D eigenvalue weighted by atomic mass is 35.5. The summed E-state index contributed by atoms with van der Waals surface area (Å²) in [5.41, 5.74) is 0.862. The molecule has 5 nitrogen and oxygen atoms in total. The van der Waals surface area contributed by atoms with Crippen molar-refractivity contribution < 1.29 is 18.4 Å². The number of nitrogens with zero attached hydrogens (tertiary/aromatic N) is 1. The summed E-state index contributed by atoms with van der Waals surface area (Å²) in [5, 5.41) is 3.22. The van der Waals surface area contributed by atoms with Crippen LogP contribution in [-0.2, 0) is 4.79 Å². The SMILES string of the molecule is CN(CC(=O)Nc1cccc(F)c1)C(=O)c1ccc(-c2cccc(Cl)c2Cl)o1. The monoisotopic (exact) mass is 420 g/mol. The van der Waals surface area contributed by atoms with Crippen molar-refractivity contribution in [3.8, 4) is 11.3 Å². The summed E-state index contributed by atoms with van der Waals surface area (Å²) in [4.78, 5) is 25.8. The van der Waals surface area contributed by atoms with Crippen LogP contribution in [0.2, 0.25) is 10.0 Å². The second-order valence-corrected chi connectivity index (χ2v) is 6.77. The van der Waals surface area contributed by atoms with Gasteiger partial charge in [-0.1, -0.05) is 35.3 Å². The fourth-order valence-corrected chi connectivity index (χ4v) is 2.93. The third-order valence-electron chi connectivity index (χ3n) is 3.87. The van der Waals surface area contributed by atoms with Crippen molar-refractivity contribution in [1.82, 2.24) is 4.90 Å². The molecule has 3 aromatic rings. The summed E-state index contributed by atoms with van der Waals surface area (Å²) in [7, 11) is 1.46. The van der Waals surface area contributed by atoms with Gasteiger partial charge in [0.15, 0.2) is 5.76 Å². The van der Waals surface area contributed by atoms with Crippen LogP contribution in [0.5, 0.6) is 0 Å². The molecule has 0 aliphatic carbocycles. The Balaban J connectivity index is 1.67. The number of carbonyl (C=O) groups excluding carboxylic acids is 2. The number of rotatable bonds is 5. The Morgan fingerprint density at radius 3 is 2.61 bits per heavy atom. The van der Waals surface area contributed by atoms with Crippen molar-refractivity contribution in [3.63, 3.8) is 0 Å². The molecule has 3 rings (SSSR count). The molecule has 0 radical (unpaired) electrons. The zero-order valence-electron chi connectivity index (χ0n) is 14.7. The first-order chi connectivity index (χ1) is 13.3. The maximum absolute atomic E-state index is 13.2. The third kappa shape index (κ3) is 4.52. The van der Waals surface area contributed by atoms with E-state index in [-0.39, 0.29) is 12.3 Å². The van der Waals surface area contributed by atoms with Gasteiger partial charge in [-0.2, -0.15) is 0 Å². The quantitative estimate of drug-likeness (QED) is 0.623. The van der Waals surface area contributed by atoms with Gasteiger partial charge in [0, 0.05) is 18.3 Å². The number of hydrogen-bond acceptors (Lipinski definition) is 3. The Morgan fingerprint density at radius 2 is 1.86 bits per heavy atom. The average Bonchev–Trinajstić information content (AvgIpc) is 3.13. The van der Waals surface area contributed by atoms with E-state index >= 15 is 0 Å². The molecule has 8 heteroatoms. The van der Waals surface area contributed by atoms with Crippen LogP contribution in [0.3, 0.4) is 0 Å². The molecule has 0 saturated carbocycles. The Kier molecular flexibility index (Phi) is 6.02. The Morgan fingerprint density at radius 1 is 1.11 bits per heavy atom. The predicted octanol–water partition coefficient (Wildman–Crippen LogP) is 5.10. The van der Waals surface area contributed by atoms with Crippen molar-refractivity contribution in [1.29, 1.82) is 0 Å². The molecular weight excluding hydrogens is 406 g/mol. The van der Waals surface area contributed by atoms with Gasteiger partial charge in [0.05, 0.1) is 16.6 Å². The average molecular weight is 421 g/mol. The van der Waals surface area contributed by atoms with E-state index in [1.165, 1.54) is 36.2 Å². The molecule has 2 amide bonds. The highest BCUT2D eigenvalue weighted by molar-refractivity contribution is 6.43. The summed E-state index contributed by atoms with van der Waals surface area (Å²) in [5.74, 6) is -0.990. The maximum atomic E-state index is 13.2. The number of benzene rings is 2. The minimum Gasteiger partial charge on any atom is -0.451 e. The molecule has 28 heavy (non-hydrogen) atoms. The number of likely N-dealkylation sites (N-methyl/N-ethyl adjacent to an activating group) is 1. The number of anilines is 1. The molecule has 0 saturated heterocycles. The lowest BCUT2D eigenvalue weighted by Gasteiger charge is -2.15. The first kappa shape index (κ1) is 19.9. The summed E-state index contributed by atoms with van der Waals surface area (Å²) in [6.45, 7) is -0.233. The smallest absolute Gasteiger partial charge is 0.289 e. The lowest BCUT2D eigenvalue weighted by Crippen LogP contribution is -2.34. The lowest BCUT2D eigenvalue weighted by atomic mass is 10.2. The molecular formula is C20H15Cl2FN2O3. The minimum atomic E-state index is -0.487. The Labute approximate surface area is 170 Å². The summed E-state index contributed by atoms with van der Waals surface area (Å²) < 4.78 is 18.8. The largest absolute Gasteiger partial charge is 0.451 e. The topological polar surface area (TPSA) is 62.6 Å².